The Morgan fingerprint density at radius 1 is 1.45 bits per heavy atom. The number of carboxylic acids is 1. The molecule has 0 bridgehead atoms. The summed E-state index contributed by atoms with van der Waals surface area (Å²) in [6.45, 7) is 5.65. The van der Waals surface area contributed by atoms with Crippen LogP contribution in [0.1, 0.15) is 33.6 Å². The minimum Gasteiger partial charge on any atom is -0.480 e. The molecule has 0 aromatic rings. The van der Waals surface area contributed by atoms with Crippen LogP contribution in [0.25, 0.3) is 0 Å². The number of carboxylic acid groups (broad SMARTS) is 1. The molecule has 1 aliphatic rings. The first-order valence-corrected chi connectivity index (χ1v) is 6.89. The third-order valence-electron chi connectivity index (χ3n) is 3.42. The fraction of sp³-hybridized carbons (Fsp3) is 0.846. The Balaban J connectivity index is 2.71. The van der Waals surface area contributed by atoms with Gasteiger partial charge >= 0.3 is 12.0 Å². The first-order valence-electron chi connectivity index (χ1n) is 6.89. The number of hydrogen-bond donors (Lipinski definition) is 3. The van der Waals surface area contributed by atoms with Crippen LogP contribution in [0.15, 0.2) is 0 Å². The van der Waals surface area contributed by atoms with Gasteiger partial charge in [0.25, 0.3) is 0 Å². The van der Waals surface area contributed by atoms with Gasteiger partial charge in [-0.1, -0.05) is 13.3 Å². The molecule has 0 aromatic carbocycles. The predicted molar refractivity (Wildman–Crippen MR) is 72.5 cm³/mol. The number of hydrogen-bond acceptors (Lipinski definition) is 4. The number of amides is 2. The Bertz CT molecular complexity index is 363. The lowest BCUT2D eigenvalue weighted by atomic mass is 9.96. The van der Waals surface area contributed by atoms with E-state index < -0.39 is 23.6 Å². The number of aliphatic hydroxyl groups excluding tert-OH is 1. The number of nitrogens with one attached hydrogen (secondary N) is 1. The van der Waals surface area contributed by atoms with Gasteiger partial charge in [-0.3, -0.25) is 0 Å². The number of carbonyl (C=O) groups excluding carboxylic acids is 1. The molecule has 3 atom stereocenters. The van der Waals surface area contributed by atoms with Crippen LogP contribution in [-0.2, 0) is 9.53 Å². The van der Waals surface area contributed by atoms with Gasteiger partial charge in [-0.05, 0) is 20.3 Å². The van der Waals surface area contributed by atoms with Crippen molar-refractivity contribution in [2.24, 2.45) is 0 Å². The predicted octanol–water partition coefficient (Wildman–Crippen LogP) is 0.421. The van der Waals surface area contributed by atoms with Crippen LogP contribution in [0, 0.1) is 0 Å². The van der Waals surface area contributed by atoms with Crippen LogP contribution < -0.4 is 5.32 Å². The summed E-state index contributed by atoms with van der Waals surface area (Å²) in [5, 5.41) is 21.0. The van der Waals surface area contributed by atoms with Gasteiger partial charge in [-0.15, -0.1) is 0 Å². The van der Waals surface area contributed by atoms with E-state index in [0.29, 0.717) is 19.4 Å². The highest BCUT2D eigenvalue weighted by atomic mass is 16.5. The zero-order valence-corrected chi connectivity index (χ0v) is 12.3. The van der Waals surface area contributed by atoms with E-state index in [2.05, 4.69) is 5.32 Å². The molecular formula is C13H24N2O5. The van der Waals surface area contributed by atoms with E-state index in [1.807, 2.05) is 13.8 Å². The highest BCUT2D eigenvalue weighted by Gasteiger charge is 2.37. The molecule has 1 rings (SSSR count). The van der Waals surface area contributed by atoms with Crippen LogP contribution >= 0.6 is 0 Å². The summed E-state index contributed by atoms with van der Waals surface area (Å²) >= 11 is 0. The Morgan fingerprint density at radius 3 is 2.60 bits per heavy atom. The van der Waals surface area contributed by atoms with Crippen molar-refractivity contribution in [2.75, 3.05) is 19.7 Å². The molecule has 0 saturated carbocycles. The number of carbonyl (C=O) groups is 2. The van der Waals surface area contributed by atoms with Crippen molar-refractivity contribution < 1.29 is 24.5 Å². The molecule has 7 heteroatoms. The van der Waals surface area contributed by atoms with Gasteiger partial charge in [-0.2, -0.15) is 0 Å². The summed E-state index contributed by atoms with van der Waals surface area (Å²) in [5.74, 6) is -1.05. The maximum Gasteiger partial charge on any atom is 0.329 e. The quantitative estimate of drug-likeness (QED) is 0.681. The van der Waals surface area contributed by atoms with Crippen LogP contribution in [0.5, 0.6) is 0 Å². The summed E-state index contributed by atoms with van der Waals surface area (Å²) < 4.78 is 5.45. The first-order chi connectivity index (χ1) is 9.32. The van der Waals surface area contributed by atoms with Crippen molar-refractivity contribution in [2.45, 2.75) is 51.4 Å². The molecule has 7 nitrogen and oxygen atoms in total. The average molecular weight is 288 g/mol. The largest absolute Gasteiger partial charge is 0.480 e. The molecule has 1 fully saturated rings. The highest BCUT2D eigenvalue weighted by Crippen LogP contribution is 2.16. The Kier molecular flexibility index (Phi) is 5.76. The fourth-order valence-electron chi connectivity index (χ4n) is 2.35. The van der Waals surface area contributed by atoms with E-state index in [4.69, 9.17) is 9.84 Å². The third-order valence-corrected chi connectivity index (χ3v) is 3.42. The number of urea groups is 1. The van der Waals surface area contributed by atoms with Crippen LogP contribution in [0.4, 0.5) is 4.79 Å². The highest BCUT2D eigenvalue weighted by molar-refractivity contribution is 5.85. The fourth-order valence-corrected chi connectivity index (χ4v) is 2.35. The molecule has 1 aliphatic heterocycles. The third kappa shape index (κ3) is 4.08. The van der Waals surface area contributed by atoms with Gasteiger partial charge in [-0.25, -0.2) is 9.59 Å². The maximum atomic E-state index is 12.2. The molecule has 3 unspecified atom stereocenters. The van der Waals surface area contributed by atoms with Crippen LogP contribution in [-0.4, -0.2) is 64.6 Å². The van der Waals surface area contributed by atoms with Gasteiger partial charge in [0.15, 0.2) is 0 Å². The molecule has 20 heavy (non-hydrogen) atoms. The van der Waals surface area contributed by atoms with E-state index in [0.717, 1.165) is 0 Å². The van der Waals surface area contributed by atoms with Gasteiger partial charge in [0.05, 0.1) is 25.4 Å². The Morgan fingerprint density at radius 2 is 2.10 bits per heavy atom. The van der Waals surface area contributed by atoms with Gasteiger partial charge in [0.2, 0.25) is 0 Å². The van der Waals surface area contributed by atoms with Crippen molar-refractivity contribution in [3.63, 3.8) is 0 Å². The normalized spacial score (nSPS) is 25.9. The van der Waals surface area contributed by atoms with Crippen molar-refractivity contribution >= 4 is 12.0 Å². The van der Waals surface area contributed by atoms with E-state index in [9.17, 15) is 14.7 Å². The Hall–Kier alpha value is -1.34. The molecule has 0 spiro atoms. The molecule has 1 heterocycles. The number of nitrogens with zero attached hydrogens (tertiary/aromatic N) is 1. The molecule has 2 amide bonds. The van der Waals surface area contributed by atoms with E-state index in [1.54, 1.807) is 0 Å². The van der Waals surface area contributed by atoms with Gasteiger partial charge < -0.3 is 25.2 Å². The standard InChI is InChI=1S/C13H24N2O5/c1-4-5-13(3,11(17)18)14-12(19)15-6-9(2)20-10(7-15)8-16/h9-10,16H,4-8H2,1-3H3,(H,14,19)(H,17,18). The lowest BCUT2D eigenvalue weighted by Gasteiger charge is -2.38. The zero-order chi connectivity index (χ0) is 15.3. The molecule has 3 N–H and O–H groups in total. The summed E-state index contributed by atoms with van der Waals surface area (Å²) in [7, 11) is 0. The topological polar surface area (TPSA) is 99.1 Å². The summed E-state index contributed by atoms with van der Waals surface area (Å²) in [6.07, 6.45) is 0.403. The monoisotopic (exact) mass is 288 g/mol. The lowest BCUT2D eigenvalue weighted by Crippen LogP contribution is -2.60. The van der Waals surface area contributed by atoms with Crippen molar-refractivity contribution in [1.29, 1.82) is 0 Å². The molecule has 0 aliphatic carbocycles. The molecule has 0 aromatic heterocycles. The van der Waals surface area contributed by atoms with E-state index in [-0.39, 0.29) is 19.3 Å². The molecule has 116 valence electrons. The second kappa shape index (κ2) is 6.90. The molecular weight excluding hydrogens is 264 g/mol. The average Bonchev–Trinajstić information content (AvgIpc) is 2.37. The lowest BCUT2D eigenvalue weighted by molar-refractivity contribution is -0.144. The number of morpholine rings is 1. The Labute approximate surface area is 118 Å². The summed E-state index contributed by atoms with van der Waals surface area (Å²) in [4.78, 5) is 25.0. The second-order valence-corrected chi connectivity index (χ2v) is 5.47. The minimum atomic E-state index is -1.28. The van der Waals surface area contributed by atoms with E-state index in [1.165, 1.54) is 11.8 Å². The molecule has 0 radical (unpaired) electrons. The SMILES string of the molecule is CCCC(C)(NC(=O)N1CC(C)OC(CO)C1)C(=O)O. The van der Waals surface area contributed by atoms with Gasteiger partial charge in [0, 0.05) is 6.54 Å². The van der Waals surface area contributed by atoms with E-state index >= 15 is 0 Å². The smallest absolute Gasteiger partial charge is 0.329 e. The van der Waals surface area contributed by atoms with Crippen LogP contribution in [0.3, 0.4) is 0 Å². The summed E-state index contributed by atoms with van der Waals surface area (Å²) in [5.41, 5.74) is -1.28. The first kappa shape index (κ1) is 16.7. The maximum absolute atomic E-state index is 12.2. The number of ether oxygens (including phenoxy) is 1. The van der Waals surface area contributed by atoms with Gasteiger partial charge in [0.1, 0.15) is 5.54 Å². The zero-order valence-electron chi connectivity index (χ0n) is 12.3. The van der Waals surface area contributed by atoms with Crippen LogP contribution in [0.2, 0.25) is 0 Å². The number of aliphatic hydroxyl groups is 1. The number of rotatable bonds is 5. The number of aliphatic carboxylic acids is 1. The van der Waals surface area contributed by atoms with Crippen molar-refractivity contribution in [3.05, 3.63) is 0 Å². The second-order valence-electron chi connectivity index (χ2n) is 5.47. The van der Waals surface area contributed by atoms with Crippen molar-refractivity contribution in [3.8, 4) is 0 Å². The van der Waals surface area contributed by atoms with Crippen molar-refractivity contribution in [1.82, 2.24) is 10.2 Å². The minimum absolute atomic E-state index is 0.167. The summed E-state index contributed by atoms with van der Waals surface area (Å²) in [6, 6.07) is -0.433. The molecule has 1 saturated heterocycles.